The number of nitrogens with two attached hydrogens (primary N) is 2. The minimum Gasteiger partial charge on any atom is -0.367 e. The minimum atomic E-state index is -0.556. The number of carbonyl (C=O) groups excluding carboxylic acids is 2. The van der Waals surface area contributed by atoms with Crippen LogP contribution in [0, 0.1) is 0 Å². The Kier molecular flexibility index (Phi) is 7.22. The average Bonchev–Trinajstić information content (AvgIpc) is 2.47. The maximum Gasteiger partial charge on any atom is 0.356 e. The summed E-state index contributed by atoms with van der Waals surface area (Å²) in [5.41, 5.74) is 15.9. The van der Waals surface area contributed by atoms with Crippen molar-refractivity contribution in [2.75, 3.05) is 26.2 Å². The second kappa shape index (κ2) is 8.99. The highest BCUT2D eigenvalue weighted by molar-refractivity contribution is 5.93. The third-order valence-electron chi connectivity index (χ3n) is 2.18. The van der Waals surface area contributed by atoms with E-state index < -0.39 is 11.9 Å². The molecule has 1 rings (SSSR count). The van der Waals surface area contributed by atoms with E-state index in [2.05, 4.69) is 11.0 Å². The lowest BCUT2D eigenvalue weighted by Gasteiger charge is -2.06. The van der Waals surface area contributed by atoms with Crippen LogP contribution < -0.4 is 22.4 Å². The van der Waals surface area contributed by atoms with E-state index in [1.165, 1.54) is 24.3 Å². The number of hydroxylamine groups is 2. The van der Waals surface area contributed by atoms with E-state index in [1.54, 1.807) is 0 Å². The summed E-state index contributed by atoms with van der Waals surface area (Å²) < 4.78 is 0. The Balaban J connectivity index is 2.50. The smallest absolute Gasteiger partial charge is 0.356 e. The quantitative estimate of drug-likeness (QED) is 0.350. The van der Waals surface area contributed by atoms with Crippen molar-refractivity contribution in [1.29, 1.82) is 0 Å². The topological polar surface area (TPSA) is 129 Å². The van der Waals surface area contributed by atoms with Gasteiger partial charge in [-0.3, -0.25) is 0 Å². The molecule has 0 saturated carbocycles. The van der Waals surface area contributed by atoms with Gasteiger partial charge in [0.15, 0.2) is 0 Å². The molecular formula is C12H18N4O4. The second-order valence-corrected chi connectivity index (χ2v) is 3.72. The highest BCUT2D eigenvalue weighted by Gasteiger charge is 2.11. The maximum absolute atomic E-state index is 11.5. The van der Waals surface area contributed by atoms with Gasteiger partial charge in [-0.1, -0.05) is 0 Å². The molecule has 0 atom stereocenters. The molecule has 0 saturated heterocycles. The molecule has 20 heavy (non-hydrogen) atoms. The van der Waals surface area contributed by atoms with Crippen molar-refractivity contribution in [1.82, 2.24) is 11.0 Å². The first kappa shape index (κ1) is 16.1. The summed E-state index contributed by atoms with van der Waals surface area (Å²) in [5, 5.41) is 0. The first-order chi connectivity index (χ1) is 9.69. The molecule has 0 aliphatic heterocycles. The molecule has 8 heteroatoms. The second-order valence-electron chi connectivity index (χ2n) is 3.72. The van der Waals surface area contributed by atoms with Crippen LogP contribution in [0.2, 0.25) is 0 Å². The largest absolute Gasteiger partial charge is 0.367 e. The van der Waals surface area contributed by atoms with Gasteiger partial charge in [0.25, 0.3) is 0 Å². The van der Waals surface area contributed by atoms with Crippen LogP contribution in [0.25, 0.3) is 0 Å². The van der Waals surface area contributed by atoms with Crippen LogP contribution >= 0.6 is 0 Å². The van der Waals surface area contributed by atoms with E-state index in [0.717, 1.165) is 0 Å². The van der Waals surface area contributed by atoms with Gasteiger partial charge in [-0.05, 0) is 24.3 Å². The van der Waals surface area contributed by atoms with Crippen molar-refractivity contribution < 1.29 is 19.3 Å². The van der Waals surface area contributed by atoms with Crippen LogP contribution in [0.3, 0.4) is 0 Å². The molecule has 0 spiro atoms. The molecule has 110 valence electrons. The van der Waals surface area contributed by atoms with Gasteiger partial charge < -0.3 is 21.1 Å². The Labute approximate surface area is 116 Å². The number of hydrogen-bond acceptors (Lipinski definition) is 8. The van der Waals surface area contributed by atoms with Gasteiger partial charge in [0.1, 0.15) is 0 Å². The zero-order valence-electron chi connectivity index (χ0n) is 10.9. The minimum absolute atomic E-state index is 0.306. The third-order valence-corrected chi connectivity index (χ3v) is 2.18. The van der Waals surface area contributed by atoms with Crippen LogP contribution in [0.4, 0.5) is 0 Å². The molecule has 8 nitrogen and oxygen atoms in total. The fourth-order valence-corrected chi connectivity index (χ4v) is 1.21. The lowest BCUT2D eigenvalue weighted by Crippen LogP contribution is -2.26. The molecule has 0 radical (unpaired) electrons. The van der Waals surface area contributed by atoms with Gasteiger partial charge in [0.2, 0.25) is 0 Å². The Morgan fingerprint density at radius 1 is 0.850 bits per heavy atom. The van der Waals surface area contributed by atoms with Gasteiger partial charge in [0.05, 0.1) is 11.1 Å². The maximum atomic E-state index is 11.5. The third kappa shape index (κ3) is 5.33. The molecule has 0 aliphatic carbocycles. The molecule has 0 aromatic heterocycles. The van der Waals surface area contributed by atoms with Crippen molar-refractivity contribution in [2.45, 2.75) is 0 Å². The Hall–Kier alpha value is -2.00. The molecule has 0 bridgehead atoms. The first-order valence-corrected chi connectivity index (χ1v) is 6.07. The highest BCUT2D eigenvalue weighted by Crippen LogP contribution is 2.06. The standard InChI is InChI=1S/C12H18N4O4/c13-5-7-15-19-11(17)9-1-2-10(4-3-9)12(18)20-16-8-6-14/h1-4,15-16H,5-8,13-14H2. The molecule has 0 heterocycles. The van der Waals surface area contributed by atoms with Gasteiger partial charge in [-0.25, -0.2) is 9.59 Å². The van der Waals surface area contributed by atoms with Gasteiger partial charge in [0, 0.05) is 26.2 Å². The number of hydrogen-bond donors (Lipinski definition) is 4. The molecule has 1 aromatic rings. The van der Waals surface area contributed by atoms with Gasteiger partial charge >= 0.3 is 11.9 Å². The van der Waals surface area contributed by atoms with E-state index in [1.807, 2.05) is 0 Å². The average molecular weight is 282 g/mol. The van der Waals surface area contributed by atoms with Crippen LogP contribution in [0.15, 0.2) is 24.3 Å². The van der Waals surface area contributed by atoms with Crippen LogP contribution in [0.5, 0.6) is 0 Å². The van der Waals surface area contributed by atoms with Gasteiger partial charge in [-0.15, -0.1) is 0 Å². The summed E-state index contributed by atoms with van der Waals surface area (Å²) in [4.78, 5) is 32.6. The first-order valence-electron chi connectivity index (χ1n) is 6.07. The Morgan fingerprint density at radius 3 is 1.50 bits per heavy atom. The summed E-state index contributed by atoms with van der Waals surface area (Å²) in [6.07, 6.45) is 0. The molecule has 0 amide bonds. The fourth-order valence-electron chi connectivity index (χ4n) is 1.21. The van der Waals surface area contributed by atoms with Gasteiger partial charge in [-0.2, -0.15) is 11.0 Å². The summed E-state index contributed by atoms with van der Waals surface area (Å²) >= 11 is 0. The summed E-state index contributed by atoms with van der Waals surface area (Å²) in [6.45, 7) is 1.44. The van der Waals surface area contributed by atoms with E-state index >= 15 is 0 Å². The monoisotopic (exact) mass is 282 g/mol. The van der Waals surface area contributed by atoms with Crippen molar-refractivity contribution in [2.24, 2.45) is 11.5 Å². The molecule has 0 fully saturated rings. The van der Waals surface area contributed by atoms with Crippen LogP contribution in [-0.4, -0.2) is 38.1 Å². The van der Waals surface area contributed by atoms with Crippen molar-refractivity contribution in [3.05, 3.63) is 35.4 Å². The predicted molar refractivity (Wildman–Crippen MR) is 71.4 cm³/mol. The van der Waals surface area contributed by atoms with Crippen molar-refractivity contribution in [3.63, 3.8) is 0 Å². The number of carbonyl (C=O) groups is 2. The van der Waals surface area contributed by atoms with E-state index in [0.29, 0.717) is 37.3 Å². The Morgan fingerprint density at radius 2 is 1.20 bits per heavy atom. The molecule has 6 N–H and O–H groups in total. The fraction of sp³-hybridized carbons (Fsp3) is 0.333. The molecule has 0 unspecified atom stereocenters. The number of nitrogens with one attached hydrogen (secondary N) is 2. The summed E-state index contributed by atoms with van der Waals surface area (Å²) in [7, 11) is 0. The zero-order chi connectivity index (χ0) is 14.8. The number of benzene rings is 1. The SMILES string of the molecule is NCCNOC(=O)c1ccc(C(=O)ONCCN)cc1. The van der Waals surface area contributed by atoms with E-state index in [9.17, 15) is 9.59 Å². The molecular weight excluding hydrogens is 264 g/mol. The Bertz CT molecular complexity index is 395. The summed E-state index contributed by atoms with van der Waals surface area (Å²) in [6, 6.07) is 5.86. The predicted octanol–water partition coefficient (Wildman–Crippen LogP) is -1.07. The lowest BCUT2D eigenvalue weighted by molar-refractivity contribution is 0.0248. The van der Waals surface area contributed by atoms with Crippen LogP contribution in [-0.2, 0) is 9.68 Å². The molecule has 0 aliphatic rings. The van der Waals surface area contributed by atoms with Crippen LogP contribution in [0.1, 0.15) is 20.7 Å². The molecule has 1 aromatic carbocycles. The number of rotatable bonds is 8. The van der Waals surface area contributed by atoms with Crippen molar-refractivity contribution in [3.8, 4) is 0 Å². The van der Waals surface area contributed by atoms with E-state index in [4.69, 9.17) is 21.1 Å². The van der Waals surface area contributed by atoms with E-state index in [-0.39, 0.29) is 0 Å². The lowest BCUT2D eigenvalue weighted by atomic mass is 10.1. The van der Waals surface area contributed by atoms with Crippen molar-refractivity contribution >= 4 is 11.9 Å². The highest BCUT2D eigenvalue weighted by atomic mass is 16.7. The normalized spacial score (nSPS) is 10.1. The summed E-state index contributed by atoms with van der Waals surface area (Å²) in [5.74, 6) is -1.11. The zero-order valence-corrected chi connectivity index (χ0v) is 10.9.